The number of anilines is 1. The molecule has 0 saturated carbocycles. The molecule has 1 aliphatic heterocycles. The highest BCUT2D eigenvalue weighted by atomic mass is 35.5. The van der Waals surface area contributed by atoms with Crippen molar-refractivity contribution < 1.29 is 9.49 Å². The van der Waals surface area contributed by atoms with Crippen molar-refractivity contribution in [2.45, 2.75) is 20.0 Å². The fourth-order valence-electron chi connectivity index (χ4n) is 2.43. The van der Waals surface area contributed by atoms with Crippen LogP contribution in [0.25, 0.3) is 0 Å². The van der Waals surface area contributed by atoms with Crippen LogP contribution in [0.3, 0.4) is 0 Å². The molecule has 0 atom stereocenters. The monoisotopic (exact) mass is 311 g/mol. The topological polar surface area (TPSA) is 63.1 Å². The minimum atomic E-state index is -0.306. The predicted octanol–water partition coefficient (Wildman–Crippen LogP) is 2.32. The fraction of sp³-hybridized carbons (Fsp3) is 0.333. The van der Waals surface area contributed by atoms with Gasteiger partial charge in [0.25, 0.3) is 0 Å². The molecule has 0 saturated heterocycles. The van der Waals surface area contributed by atoms with E-state index in [1.54, 1.807) is 19.2 Å². The molecule has 6 nitrogen and oxygen atoms in total. The van der Waals surface area contributed by atoms with Gasteiger partial charge >= 0.3 is 11.5 Å². The van der Waals surface area contributed by atoms with Gasteiger partial charge in [-0.15, -0.1) is 11.3 Å². The quantitative estimate of drug-likeness (QED) is 0.496. The van der Waals surface area contributed by atoms with E-state index in [0.717, 1.165) is 18.0 Å². The van der Waals surface area contributed by atoms with Crippen molar-refractivity contribution in [1.82, 2.24) is 4.98 Å². The Balaban J connectivity index is 2.00. The Morgan fingerprint density at radius 2 is 2.45 bits per heavy atom. The first kappa shape index (κ1) is 13.3. The van der Waals surface area contributed by atoms with E-state index in [0.29, 0.717) is 22.4 Å². The summed E-state index contributed by atoms with van der Waals surface area (Å²) in [6, 6.07) is 1.79. The highest BCUT2D eigenvalue weighted by molar-refractivity contribution is 7.15. The zero-order valence-corrected chi connectivity index (χ0v) is 12.3. The molecule has 3 rings (SSSR count). The second-order valence-electron chi connectivity index (χ2n) is 4.62. The van der Waals surface area contributed by atoms with Gasteiger partial charge in [-0.1, -0.05) is 11.6 Å². The number of hydrogen-bond donors (Lipinski definition) is 0. The number of halogens is 1. The van der Waals surface area contributed by atoms with Crippen LogP contribution in [-0.2, 0) is 13.1 Å². The van der Waals surface area contributed by atoms with E-state index in [9.17, 15) is 10.1 Å². The van der Waals surface area contributed by atoms with Crippen LogP contribution in [0.1, 0.15) is 10.4 Å². The van der Waals surface area contributed by atoms with Crippen molar-refractivity contribution in [2.24, 2.45) is 0 Å². The van der Waals surface area contributed by atoms with Crippen LogP contribution in [-0.4, -0.2) is 16.5 Å². The Morgan fingerprint density at radius 1 is 1.65 bits per heavy atom. The molecule has 104 valence electrons. The van der Waals surface area contributed by atoms with E-state index in [2.05, 4.69) is 4.98 Å². The van der Waals surface area contributed by atoms with Crippen molar-refractivity contribution in [2.75, 3.05) is 11.4 Å². The third-order valence-corrected chi connectivity index (χ3v) is 4.43. The van der Waals surface area contributed by atoms with E-state index in [-0.39, 0.29) is 10.6 Å². The van der Waals surface area contributed by atoms with Crippen LogP contribution >= 0.6 is 22.9 Å². The average molecular weight is 312 g/mol. The van der Waals surface area contributed by atoms with Gasteiger partial charge in [0, 0.05) is 11.8 Å². The van der Waals surface area contributed by atoms with Gasteiger partial charge < -0.3 is 0 Å². The third kappa shape index (κ3) is 2.23. The summed E-state index contributed by atoms with van der Waals surface area (Å²) in [6.07, 6.45) is 3.62. The first-order valence-electron chi connectivity index (χ1n) is 6.09. The van der Waals surface area contributed by atoms with Gasteiger partial charge in [0.15, 0.2) is 4.47 Å². The van der Waals surface area contributed by atoms with E-state index < -0.39 is 0 Å². The van der Waals surface area contributed by atoms with Crippen molar-refractivity contribution in [3.63, 3.8) is 0 Å². The number of hydrogen-bond acceptors (Lipinski definition) is 5. The molecule has 0 N–H and O–H groups in total. The summed E-state index contributed by atoms with van der Waals surface area (Å²) in [5.41, 5.74) is 0.857. The zero-order valence-electron chi connectivity index (χ0n) is 10.7. The van der Waals surface area contributed by atoms with Gasteiger partial charge in [-0.05, 0) is 13.0 Å². The van der Waals surface area contributed by atoms with Crippen LogP contribution in [0, 0.1) is 17.0 Å². The van der Waals surface area contributed by atoms with E-state index in [1.807, 2.05) is 15.7 Å². The lowest BCUT2D eigenvalue weighted by Gasteiger charge is -2.09. The maximum atomic E-state index is 11.3. The molecule has 1 aliphatic rings. The lowest BCUT2D eigenvalue weighted by Crippen LogP contribution is -2.31. The third-order valence-electron chi connectivity index (χ3n) is 3.33. The number of nitro groups is 1. The van der Waals surface area contributed by atoms with Crippen LogP contribution in [0.4, 0.5) is 11.5 Å². The molecule has 0 radical (unpaired) electrons. The number of aryl methyl sites for hydroxylation is 1. The molecule has 3 heterocycles. The van der Waals surface area contributed by atoms with Gasteiger partial charge in [0.2, 0.25) is 0 Å². The first-order valence-corrected chi connectivity index (χ1v) is 7.28. The summed E-state index contributed by atoms with van der Waals surface area (Å²) in [5, 5.41) is 11.3. The predicted molar refractivity (Wildman–Crippen MR) is 76.2 cm³/mol. The SMILES string of the molecule is Cc1cc[n+]2c(c1[N+](=O)[O-])N(Cc1cnc(Cl)s1)CC2. The molecule has 2 aromatic rings. The molecular weight excluding hydrogens is 300 g/mol. The van der Waals surface area contributed by atoms with Crippen molar-refractivity contribution in [1.29, 1.82) is 0 Å². The van der Waals surface area contributed by atoms with Crippen molar-refractivity contribution in [3.05, 3.63) is 43.5 Å². The summed E-state index contributed by atoms with van der Waals surface area (Å²) >= 11 is 7.23. The lowest BCUT2D eigenvalue weighted by atomic mass is 10.2. The zero-order chi connectivity index (χ0) is 14.3. The second-order valence-corrected chi connectivity index (χ2v) is 6.32. The standard InChI is InChI=1S/C12H12ClN4O2S/c1-8-2-3-15-4-5-16(11(15)10(8)17(18)19)7-9-6-14-12(13)20-9/h2-3,6H,4-5,7H2,1H3/q+1. The molecule has 0 amide bonds. The normalized spacial score (nSPS) is 13.6. The molecule has 0 aliphatic carbocycles. The summed E-state index contributed by atoms with van der Waals surface area (Å²) in [6.45, 7) is 3.86. The maximum Gasteiger partial charge on any atom is 0.360 e. The van der Waals surface area contributed by atoms with Gasteiger partial charge in [0.1, 0.15) is 19.6 Å². The molecule has 0 fully saturated rings. The lowest BCUT2D eigenvalue weighted by molar-refractivity contribution is -0.673. The van der Waals surface area contributed by atoms with E-state index in [4.69, 9.17) is 11.6 Å². The summed E-state index contributed by atoms with van der Waals surface area (Å²) in [5.74, 6) is 0.666. The Bertz CT molecular complexity index is 688. The molecule has 20 heavy (non-hydrogen) atoms. The van der Waals surface area contributed by atoms with E-state index in [1.165, 1.54) is 11.3 Å². The van der Waals surface area contributed by atoms with Crippen LogP contribution in [0.2, 0.25) is 4.47 Å². The Morgan fingerprint density at radius 3 is 3.10 bits per heavy atom. The molecule has 0 unspecified atom stereocenters. The fourth-order valence-corrected chi connectivity index (χ4v) is 3.43. The van der Waals surface area contributed by atoms with Crippen molar-refractivity contribution >= 4 is 34.4 Å². The first-order chi connectivity index (χ1) is 9.56. The van der Waals surface area contributed by atoms with Gasteiger partial charge in [-0.2, -0.15) is 0 Å². The smallest absolute Gasteiger partial charge is 0.258 e. The number of fused-ring (bicyclic) bond motifs is 1. The summed E-state index contributed by atoms with van der Waals surface area (Å²) in [7, 11) is 0. The van der Waals surface area contributed by atoms with Crippen molar-refractivity contribution in [3.8, 4) is 0 Å². The molecular formula is C12H12ClN4O2S+. The second kappa shape index (κ2) is 4.99. The number of aromatic nitrogens is 2. The minimum absolute atomic E-state index is 0.181. The molecule has 8 heteroatoms. The number of rotatable bonds is 3. The van der Waals surface area contributed by atoms with E-state index >= 15 is 0 Å². The summed E-state index contributed by atoms with van der Waals surface area (Å²) < 4.78 is 2.42. The Labute approximate surface area is 124 Å². The number of nitrogens with zero attached hydrogens (tertiary/aromatic N) is 4. The highest BCUT2D eigenvalue weighted by Gasteiger charge is 2.38. The van der Waals surface area contributed by atoms with Crippen LogP contribution in [0.15, 0.2) is 18.5 Å². The maximum absolute atomic E-state index is 11.3. The average Bonchev–Trinajstić information content (AvgIpc) is 2.97. The number of pyridine rings is 1. The molecule has 0 aromatic carbocycles. The highest BCUT2D eigenvalue weighted by Crippen LogP contribution is 2.32. The summed E-state index contributed by atoms with van der Waals surface area (Å²) in [4.78, 5) is 18.0. The van der Waals surface area contributed by atoms with Gasteiger partial charge in [-0.25, -0.2) is 14.5 Å². The van der Waals surface area contributed by atoms with Gasteiger partial charge in [0.05, 0.1) is 16.0 Å². The Kier molecular flexibility index (Phi) is 3.31. The minimum Gasteiger partial charge on any atom is -0.258 e. The number of thiazole rings is 1. The Hall–Kier alpha value is -1.73. The van der Waals surface area contributed by atoms with Crippen LogP contribution < -0.4 is 9.47 Å². The molecule has 2 aromatic heterocycles. The van der Waals surface area contributed by atoms with Gasteiger partial charge in [-0.3, -0.25) is 10.1 Å². The molecule has 0 bridgehead atoms. The van der Waals surface area contributed by atoms with Crippen LogP contribution in [0.5, 0.6) is 0 Å². The molecule has 0 spiro atoms. The largest absolute Gasteiger partial charge is 0.360 e.